The number of carbonyl (C=O) groups excluding carboxylic acids is 1. The molecule has 3 atom stereocenters. The van der Waals surface area contributed by atoms with Crippen LogP contribution in [0.1, 0.15) is 26.2 Å². The van der Waals surface area contributed by atoms with Gasteiger partial charge in [-0.15, -0.1) is 0 Å². The van der Waals surface area contributed by atoms with Crippen LogP contribution in [-0.4, -0.2) is 47.8 Å². The zero-order chi connectivity index (χ0) is 10.8. The van der Waals surface area contributed by atoms with E-state index in [9.17, 15) is 9.90 Å². The molecule has 0 aromatic rings. The first-order valence-corrected chi connectivity index (χ1v) is 5.77. The van der Waals surface area contributed by atoms with Crippen LogP contribution in [0.25, 0.3) is 0 Å². The molecule has 0 aromatic carbocycles. The summed E-state index contributed by atoms with van der Waals surface area (Å²) in [6.07, 6.45) is 2.26. The van der Waals surface area contributed by atoms with Crippen LogP contribution in [0.3, 0.4) is 0 Å². The van der Waals surface area contributed by atoms with Gasteiger partial charge in [-0.1, -0.05) is 0 Å². The Balaban J connectivity index is 1.94. The molecule has 4 nitrogen and oxygen atoms in total. The molecule has 2 unspecified atom stereocenters. The monoisotopic (exact) mass is 213 g/mol. The number of hydrogen-bond donors (Lipinski definition) is 1. The number of hydrogen-bond acceptors (Lipinski definition) is 3. The molecule has 86 valence electrons. The Morgan fingerprint density at radius 1 is 1.47 bits per heavy atom. The van der Waals surface area contributed by atoms with Crippen molar-refractivity contribution in [1.29, 1.82) is 0 Å². The van der Waals surface area contributed by atoms with E-state index in [0.29, 0.717) is 13.2 Å². The van der Waals surface area contributed by atoms with Crippen LogP contribution in [0.4, 0.5) is 0 Å². The van der Waals surface area contributed by atoms with E-state index in [1.54, 1.807) is 4.90 Å². The smallest absolute Gasteiger partial charge is 0.228 e. The van der Waals surface area contributed by atoms with E-state index in [0.717, 1.165) is 25.8 Å². The third-order valence-corrected chi connectivity index (χ3v) is 3.40. The van der Waals surface area contributed by atoms with Crippen LogP contribution in [-0.2, 0) is 9.53 Å². The van der Waals surface area contributed by atoms with Gasteiger partial charge in [0.2, 0.25) is 5.91 Å². The summed E-state index contributed by atoms with van der Waals surface area (Å²) in [6.45, 7) is 3.94. The standard InChI is InChI=1S/C11H19NO3/c1-8-10(4-6-15-8)11(14)12-5-2-3-9(13)7-12/h8-10,13H,2-7H2,1H3/t8?,9-,10?/m0/s1. The van der Waals surface area contributed by atoms with Crippen molar-refractivity contribution >= 4 is 5.91 Å². The molecule has 2 heterocycles. The minimum absolute atomic E-state index is 0.00954. The maximum Gasteiger partial charge on any atom is 0.228 e. The molecule has 2 rings (SSSR count). The molecule has 2 aliphatic heterocycles. The molecule has 2 saturated heterocycles. The maximum atomic E-state index is 12.1. The molecule has 4 heteroatoms. The Morgan fingerprint density at radius 3 is 2.87 bits per heavy atom. The molecular formula is C11H19NO3. The third kappa shape index (κ3) is 2.32. The predicted octanol–water partition coefficient (Wildman–Crippen LogP) is 0.395. The summed E-state index contributed by atoms with van der Waals surface area (Å²) >= 11 is 0. The second kappa shape index (κ2) is 4.49. The lowest BCUT2D eigenvalue weighted by Gasteiger charge is -2.32. The maximum absolute atomic E-state index is 12.1. The summed E-state index contributed by atoms with van der Waals surface area (Å²) in [5.41, 5.74) is 0. The molecule has 0 saturated carbocycles. The molecule has 2 aliphatic rings. The van der Waals surface area contributed by atoms with Crippen LogP contribution in [0.2, 0.25) is 0 Å². The Morgan fingerprint density at radius 2 is 2.27 bits per heavy atom. The van der Waals surface area contributed by atoms with Gasteiger partial charge in [-0.05, 0) is 26.2 Å². The van der Waals surface area contributed by atoms with E-state index in [1.165, 1.54) is 0 Å². The van der Waals surface area contributed by atoms with Gasteiger partial charge in [0.05, 0.1) is 18.1 Å². The highest BCUT2D eigenvalue weighted by atomic mass is 16.5. The first-order chi connectivity index (χ1) is 7.18. The van der Waals surface area contributed by atoms with Gasteiger partial charge in [0, 0.05) is 19.7 Å². The van der Waals surface area contributed by atoms with Crippen molar-refractivity contribution in [3.8, 4) is 0 Å². The summed E-state index contributed by atoms with van der Waals surface area (Å²) in [5, 5.41) is 9.51. The fraction of sp³-hybridized carbons (Fsp3) is 0.909. The number of amides is 1. The van der Waals surface area contributed by atoms with Crippen LogP contribution < -0.4 is 0 Å². The summed E-state index contributed by atoms with van der Waals surface area (Å²) in [5.74, 6) is 0.175. The summed E-state index contributed by atoms with van der Waals surface area (Å²) in [4.78, 5) is 13.9. The second-order valence-electron chi connectivity index (χ2n) is 4.55. The lowest BCUT2D eigenvalue weighted by Crippen LogP contribution is -2.46. The van der Waals surface area contributed by atoms with E-state index >= 15 is 0 Å². The Labute approximate surface area is 90.2 Å². The SMILES string of the molecule is CC1OCCC1C(=O)N1CCC[C@H](O)C1. The lowest BCUT2D eigenvalue weighted by atomic mass is 9.99. The van der Waals surface area contributed by atoms with Crippen LogP contribution in [0.15, 0.2) is 0 Å². The minimum atomic E-state index is -0.333. The molecular weight excluding hydrogens is 194 g/mol. The number of rotatable bonds is 1. The van der Waals surface area contributed by atoms with Crippen molar-refractivity contribution in [1.82, 2.24) is 4.90 Å². The molecule has 1 amide bonds. The topological polar surface area (TPSA) is 49.8 Å². The number of aliphatic hydroxyl groups excluding tert-OH is 1. The van der Waals surface area contributed by atoms with Gasteiger partial charge < -0.3 is 14.7 Å². The van der Waals surface area contributed by atoms with Gasteiger partial charge in [0.15, 0.2) is 0 Å². The number of nitrogens with zero attached hydrogens (tertiary/aromatic N) is 1. The highest BCUT2D eigenvalue weighted by molar-refractivity contribution is 5.79. The van der Waals surface area contributed by atoms with E-state index < -0.39 is 0 Å². The fourth-order valence-corrected chi connectivity index (χ4v) is 2.45. The Kier molecular flexibility index (Phi) is 3.26. The number of likely N-dealkylation sites (tertiary alicyclic amines) is 1. The first kappa shape index (κ1) is 10.9. The number of β-amino-alcohol motifs (C(OH)–C–C–N with tert-alkyl or cyclic N) is 1. The highest BCUT2D eigenvalue weighted by Gasteiger charge is 2.35. The van der Waals surface area contributed by atoms with Gasteiger partial charge in [-0.2, -0.15) is 0 Å². The minimum Gasteiger partial charge on any atom is -0.391 e. The van der Waals surface area contributed by atoms with Crippen LogP contribution in [0, 0.1) is 5.92 Å². The normalized spacial score (nSPS) is 36.9. The quantitative estimate of drug-likeness (QED) is 0.685. The summed E-state index contributed by atoms with van der Waals surface area (Å²) in [6, 6.07) is 0. The molecule has 0 radical (unpaired) electrons. The van der Waals surface area contributed by atoms with Crippen molar-refractivity contribution in [3.63, 3.8) is 0 Å². The van der Waals surface area contributed by atoms with Crippen LogP contribution >= 0.6 is 0 Å². The van der Waals surface area contributed by atoms with Crippen molar-refractivity contribution < 1.29 is 14.6 Å². The second-order valence-corrected chi connectivity index (χ2v) is 4.55. The average Bonchev–Trinajstić information content (AvgIpc) is 2.63. The van der Waals surface area contributed by atoms with Crippen molar-refractivity contribution in [2.24, 2.45) is 5.92 Å². The third-order valence-electron chi connectivity index (χ3n) is 3.40. The molecule has 0 spiro atoms. The fourth-order valence-electron chi connectivity index (χ4n) is 2.45. The number of ether oxygens (including phenoxy) is 1. The Bertz CT molecular complexity index is 244. The van der Waals surface area contributed by atoms with Gasteiger partial charge in [-0.3, -0.25) is 4.79 Å². The zero-order valence-corrected chi connectivity index (χ0v) is 9.19. The van der Waals surface area contributed by atoms with Crippen molar-refractivity contribution in [2.45, 2.75) is 38.4 Å². The summed E-state index contributed by atoms with van der Waals surface area (Å²) in [7, 11) is 0. The number of carbonyl (C=O) groups is 1. The highest BCUT2D eigenvalue weighted by Crippen LogP contribution is 2.24. The molecule has 2 fully saturated rings. The molecule has 0 bridgehead atoms. The zero-order valence-electron chi connectivity index (χ0n) is 9.19. The van der Waals surface area contributed by atoms with E-state index in [4.69, 9.17) is 4.74 Å². The van der Waals surface area contributed by atoms with Gasteiger partial charge in [0.25, 0.3) is 0 Å². The van der Waals surface area contributed by atoms with Crippen molar-refractivity contribution in [3.05, 3.63) is 0 Å². The van der Waals surface area contributed by atoms with E-state index in [2.05, 4.69) is 0 Å². The van der Waals surface area contributed by atoms with Gasteiger partial charge in [-0.25, -0.2) is 0 Å². The largest absolute Gasteiger partial charge is 0.391 e. The molecule has 0 aliphatic carbocycles. The first-order valence-electron chi connectivity index (χ1n) is 5.77. The van der Waals surface area contributed by atoms with Crippen molar-refractivity contribution in [2.75, 3.05) is 19.7 Å². The molecule has 0 aromatic heterocycles. The number of aliphatic hydroxyl groups is 1. The van der Waals surface area contributed by atoms with E-state index in [-0.39, 0.29) is 24.0 Å². The number of piperidine rings is 1. The van der Waals surface area contributed by atoms with Crippen LogP contribution in [0.5, 0.6) is 0 Å². The predicted molar refractivity (Wildman–Crippen MR) is 55.3 cm³/mol. The molecule has 15 heavy (non-hydrogen) atoms. The summed E-state index contributed by atoms with van der Waals surface area (Å²) < 4.78 is 5.39. The van der Waals surface area contributed by atoms with E-state index in [1.807, 2.05) is 6.92 Å². The average molecular weight is 213 g/mol. The lowest BCUT2D eigenvalue weighted by molar-refractivity contribution is -0.140. The van der Waals surface area contributed by atoms with Gasteiger partial charge in [0.1, 0.15) is 0 Å². The van der Waals surface area contributed by atoms with Gasteiger partial charge >= 0.3 is 0 Å². The Hall–Kier alpha value is -0.610. The molecule has 1 N–H and O–H groups in total.